The lowest BCUT2D eigenvalue weighted by Gasteiger charge is -2.10. The molecule has 0 fully saturated rings. The maximum absolute atomic E-state index is 12.2. The molecule has 1 heterocycles. The molecule has 0 saturated carbocycles. The number of halogens is 2. The van der Waals surface area contributed by atoms with Crippen molar-refractivity contribution in [1.82, 2.24) is 9.78 Å². The Morgan fingerprint density at radius 2 is 1.88 bits per heavy atom. The molecule has 0 aliphatic heterocycles. The number of hydrogen-bond donors (Lipinski definition) is 1. The highest BCUT2D eigenvalue weighted by Crippen LogP contribution is 2.21. The first-order chi connectivity index (χ1) is 7.68. The van der Waals surface area contributed by atoms with Crippen LogP contribution in [0.25, 0.3) is 5.69 Å². The van der Waals surface area contributed by atoms with E-state index in [9.17, 15) is 8.78 Å². The predicted molar refractivity (Wildman–Crippen MR) is 54.5 cm³/mol. The molecule has 2 aromatic rings. The molecule has 1 unspecified atom stereocenters. The van der Waals surface area contributed by atoms with Gasteiger partial charge in [0, 0.05) is 12.4 Å². The first kappa shape index (κ1) is 10.8. The van der Waals surface area contributed by atoms with Crippen LogP contribution in [0.2, 0.25) is 0 Å². The van der Waals surface area contributed by atoms with Gasteiger partial charge in [0.15, 0.2) is 0 Å². The summed E-state index contributed by atoms with van der Waals surface area (Å²) in [5.41, 5.74) is 0.959. The van der Waals surface area contributed by atoms with Gasteiger partial charge in [0.25, 0.3) is 6.43 Å². The van der Waals surface area contributed by atoms with Gasteiger partial charge >= 0.3 is 0 Å². The van der Waals surface area contributed by atoms with Crippen molar-refractivity contribution in [1.29, 1.82) is 0 Å². The van der Waals surface area contributed by atoms with E-state index in [1.54, 1.807) is 35.3 Å². The zero-order valence-electron chi connectivity index (χ0n) is 8.29. The van der Waals surface area contributed by atoms with Gasteiger partial charge in [0.05, 0.1) is 5.69 Å². The number of hydrogen-bond acceptors (Lipinski definition) is 2. The third kappa shape index (κ3) is 2.09. The molecule has 0 bridgehead atoms. The minimum Gasteiger partial charge on any atom is -0.382 e. The van der Waals surface area contributed by atoms with Crippen LogP contribution in [0.5, 0.6) is 0 Å². The number of rotatable bonds is 3. The largest absolute Gasteiger partial charge is 0.382 e. The van der Waals surface area contributed by atoms with Crippen LogP contribution in [0.15, 0.2) is 42.7 Å². The van der Waals surface area contributed by atoms with Crippen LogP contribution in [0.1, 0.15) is 11.7 Å². The van der Waals surface area contributed by atoms with Gasteiger partial charge in [0.2, 0.25) is 0 Å². The van der Waals surface area contributed by atoms with Crippen molar-refractivity contribution in [2.45, 2.75) is 12.5 Å². The van der Waals surface area contributed by atoms with Crippen LogP contribution < -0.4 is 0 Å². The lowest BCUT2D eigenvalue weighted by atomic mass is 10.1. The van der Waals surface area contributed by atoms with Crippen LogP contribution in [-0.4, -0.2) is 21.3 Å². The standard InChI is InChI=1S/C11H10F2N2O/c12-11(13)10(16)8-2-4-9(5-3-8)15-7-1-6-14-15/h1-7,10-11,16H. The second-order valence-electron chi connectivity index (χ2n) is 3.32. The lowest BCUT2D eigenvalue weighted by molar-refractivity contribution is -0.00577. The molecule has 5 heteroatoms. The summed E-state index contributed by atoms with van der Waals surface area (Å²) in [5.74, 6) is 0. The van der Waals surface area contributed by atoms with Crippen LogP contribution in [0, 0.1) is 0 Å². The molecule has 84 valence electrons. The summed E-state index contributed by atoms with van der Waals surface area (Å²) in [5, 5.41) is 13.1. The Balaban J connectivity index is 2.23. The Morgan fingerprint density at radius 3 is 2.38 bits per heavy atom. The van der Waals surface area contributed by atoms with E-state index in [1.807, 2.05) is 0 Å². The van der Waals surface area contributed by atoms with Gasteiger partial charge < -0.3 is 5.11 Å². The van der Waals surface area contributed by atoms with Crippen molar-refractivity contribution >= 4 is 0 Å². The van der Waals surface area contributed by atoms with Gasteiger partial charge in [0.1, 0.15) is 6.10 Å². The molecule has 1 atom stereocenters. The molecule has 0 aliphatic rings. The monoisotopic (exact) mass is 224 g/mol. The normalized spacial score (nSPS) is 13.0. The van der Waals surface area contributed by atoms with E-state index in [1.165, 1.54) is 12.1 Å². The van der Waals surface area contributed by atoms with Crippen LogP contribution in [-0.2, 0) is 0 Å². The van der Waals surface area contributed by atoms with Gasteiger partial charge in [-0.05, 0) is 23.8 Å². The molecule has 0 radical (unpaired) electrons. The molecule has 0 aliphatic carbocycles. The first-order valence-corrected chi connectivity index (χ1v) is 4.74. The first-order valence-electron chi connectivity index (χ1n) is 4.74. The molecule has 3 nitrogen and oxygen atoms in total. The number of aliphatic hydroxyl groups is 1. The van der Waals surface area contributed by atoms with E-state index in [0.717, 1.165) is 5.69 Å². The van der Waals surface area contributed by atoms with E-state index in [-0.39, 0.29) is 5.56 Å². The predicted octanol–water partition coefficient (Wildman–Crippen LogP) is 2.17. The highest BCUT2D eigenvalue weighted by atomic mass is 19.3. The minimum atomic E-state index is -2.77. The van der Waals surface area contributed by atoms with Crippen molar-refractivity contribution in [3.63, 3.8) is 0 Å². The fourth-order valence-corrected chi connectivity index (χ4v) is 1.39. The van der Waals surface area contributed by atoms with Crippen molar-refractivity contribution in [2.24, 2.45) is 0 Å². The van der Waals surface area contributed by atoms with E-state index in [4.69, 9.17) is 5.11 Å². The lowest BCUT2D eigenvalue weighted by Crippen LogP contribution is -2.08. The second-order valence-corrected chi connectivity index (χ2v) is 3.32. The number of benzene rings is 1. The maximum atomic E-state index is 12.2. The number of aliphatic hydroxyl groups excluding tert-OH is 1. The average Bonchev–Trinajstić information content (AvgIpc) is 2.81. The Morgan fingerprint density at radius 1 is 1.19 bits per heavy atom. The van der Waals surface area contributed by atoms with Gasteiger partial charge in [-0.15, -0.1) is 0 Å². The van der Waals surface area contributed by atoms with Gasteiger partial charge in [-0.2, -0.15) is 5.10 Å². The van der Waals surface area contributed by atoms with Crippen molar-refractivity contribution in [3.8, 4) is 5.69 Å². The maximum Gasteiger partial charge on any atom is 0.268 e. The summed E-state index contributed by atoms with van der Waals surface area (Å²) in [6.07, 6.45) is -1.12. The summed E-state index contributed by atoms with van der Waals surface area (Å²) >= 11 is 0. The third-order valence-corrected chi connectivity index (χ3v) is 2.24. The quantitative estimate of drug-likeness (QED) is 0.867. The molecule has 1 N–H and O–H groups in total. The SMILES string of the molecule is OC(c1ccc(-n2cccn2)cc1)C(F)F. The Labute approximate surface area is 91.0 Å². The fourth-order valence-electron chi connectivity index (χ4n) is 1.39. The van der Waals surface area contributed by atoms with Gasteiger partial charge in [-0.25, -0.2) is 13.5 Å². The van der Waals surface area contributed by atoms with Gasteiger partial charge in [-0.3, -0.25) is 0 Å². The zero-order chi connectivity index (χ0) is 11.5. The smallest absolute Gasteiger partial charge is 0.268 e. The number of aromatic nitrogens is 2. The third-order valence-electron chi connectivity index (χ3n) is 2.24. The number of nitrogens with zero attached hydrogens (tertiary/aromatic N) is 2. The molecule has 0 amide bonds. The summed E-state index contributed by atoms with van der Waals surface area (Å²) in [4.78, 5) is 0. The average molecular weight is 224 g/mol. The Hall–Kier alpha value is -1.75. The highest BCUT2D eigenvalue weighted by molar-refractivity contribution is 5.34. The van der Waals surface area contributed by atoms with Crippen molar-refractivity contribution < 1.29 is 13.9 Å². The van der Waals surface area contributed by atoms with E-state index < -0.39 is 12.5 Å². The van der Waals surface area contributed by atoms with Crippen LogP contribution in [0.3, 0.4) is 0 Å². The molecular weight excluding hydrogens is 214 g/mol. The van der Waals surface area contributed by atoms with E-state index >= 15 is 0 Å². The van der Waals surface area contributed by atoms with Crippen LogP contribution in [0.4, 0.5) is 8.78 Å². The fraction of sp³-hybridized carbons (Fsp3) is 0.182. The highest BCUT2D eigenvalue weighted by Gasteiger charge is 2.18. The molecule has 16 heavy (non-hydrogen) atoms. The van der Waals surface area contributed by atoms with Crippen LogP contribution >= 0.6 is 0 Å². The van der Waals surface area contributed by atoms with E-state index in [0.29, 0.717) is 0 Å². The summed E-state index contributed by atoms with van der Waals surface area (Å²) < 4.78 is 26.1. The summed E-state index contributed by atoms with van der Waals surface area (Å²) in [6.45, 7) is 0. The summed E-state index contributed by atoms with van der Waals surface area (Å²) in [7, 11) is 0. The Bertz CT molecular complexity index is 440. The van der Waals surface area contributed by atoms with Crippen molar-refractivity contribution in [3.05, 3.63) is 48.3 Å². The minimum absolute atomic E-state index is 0.200. The molecule has 0 spiro atoms. The molecule has 0 saturated heterocycles. The van der Waals surface area contributed by atoms with E-state index in [2.05, 4.69) is 5.10 Å². The zero-order valence-corrected chi connectivity index (χ0v) is 8.29. The van der Waals surface area contributed by atoms with Gasteiger partial charge in [-0.1, -0.05) is 12.1 Å². The van der Waals surface area contributed by atoms with Crippen molar-refractivity contribution in [2.75, 3.05) is 0 Å². The molecule has 1 aromatic carbocycles. The topological polar surface area (TPSA) is 38.0 Å². The second kappa shape index (κ2) is 4.40. The summed E-state index contributed by atoms with van der Waals surface area (Å²) in [6, 6.07) is 7.96. The molecular formula is C11H10F2N2O. The molecule has 2 rings (SSSR count). The number of alkyl halides is 2. The Kier molecular flexibility index (Phi) is 2.96. The molecule has 1 aromatic heterocycles.